The highest BCUT2D eigenvalue weighted by molar-refractivity contribution is 5.94. The van der Waals surface area contributed by atoms with E-state index in [0.717, 1.165) is 11.1 Å². The highest BCUT2D eigenvalue weighted by Gasteiger charge is 2.13. The average Bonchev–Trinajstić information content (AvgIpc) is 2.29. The fourth-order valence-electron chi connectivity index (χ4n) is 1.57. The first-order valence-electron chi connectivity index (χ1n) is 4.79. The van der Waals surface area contributed by atoms with Crippen molar-refractivity contribution in [1.82, 2.24) is 9.97 Å². The summed E-state index contributed by atoms with van der Waals surface area (Å²) in [6, 6.07) is 5.26. The molecule has 2 heterocycles. The van der Waals surface area contributed by atoms with E-state index < -0.39 is 5.97 Å². The molecule has 2 aromatic rings. The van der Waals surface area contributed by atoms with Crippen LogP contribution in [0.2, 0.25) is 0 Å². The molecule has 1 N–H and O–H groups in total. The molecule has 0 radical (unpaired) electrons. The molecular weight excluding hydrogens is 204 g/mol. The molecule has 80 valence electrons. The van der Waals surface area contributed by atoms with Gasteiger partial charge < -0.3 is 5.11 Å². The Kier molecular flexibility index (Phi) is 2.64. The Balaban J connectivity index is 2.65. The van der Waals surface area contributed by atoms with Crippen LogP contribution >= 0.6 is 0 Å². The first kappa shape index (κ1) is 10.3. The average molecular weight is 214 g/mol. The standard InChI is InChI=1S/C12H10N2O2/c1-8-7-13-6-4-9(8)10-3-2-5-14-11(10)12(15)16/h2-7H,1H3,(H,15,16). The van der Waals surface area contributed by atoms with E-state index in [1.54, 1.807) is 30.6 Å². The van der Waals surface area contributed by atoms with Gasteiger partial charge in [-0.2, -0.15) is 0 Å². The number of aromatic carboxylic acids is 1. The summed E-state index contributed by atoms with van der Waals surface area (Å²) >= 11 is 0. The maximum Gasteiger partial charge on any atom is 0.355 e. The van der Waals surface area contributed by atoms with Gasteiger partial charge in [0.2, 0.25) is 0 Å². The van der Waals surface area contributed by atoms with E-state index in [4.69, 9.17) is 5.11 Å². The molecule has 4 heteroatoms. The molecule has 0 atom stereocenters. The molecule has 0 fully saturated rings. The summed E-state index contributed by atoms with van der Waals surface area (Å²) in [5, 5.41) is 9.04. The fourth-order valence-corrected chi connectivity index (χ4v) is 1.57. The SMILES string of the molecule is Cc1cnccc1-c1cccnc1C(=O)O. The molecule has 0 unspecified atom stereocenters. The van der Waals surface area contributed by atoms with Crippen molar-refractivity contribution in [3.8, 4) is 11.1 Å². The summed E-state index contributed by atoms with van der Waals surface area (Å²) in [6.45, 7) is 1.89. The monoisotopic (exact) mass is 214 g/mol. The lowest BCUT2D eigenvalue weighted by molar-refractivity contribution is 0.0691. The summed E-state index contributed by atoms with van der Waals surface area (Å²) in [5.74, 6) is -1.02. The number of hydrogen-bond acceptors (Lipinski definition) is 3. The number of hydrogen-bond donors (Lipinski definition) is 1. The third-order valence-electron chi connectivity index (χ3n) is 2.32. The smallest absolute Gasteiger partial charge is 0.355 e. The maximum atomic E-state index is 11.0. The van der Waals surface area contributed by atoms with E-state index in [1.807, 2.05) is 6.92 Å². The summed E-state index contributed by atoms with van der Waals surface area (Å²) in [4.78, 5) is 18.9. The van der Waals surface area contributed by atoms with Gasteiger partial charge in [-0.1, -0.05) is 6.07 Å². The van der Waals surface area contributed by atoms with Crippen LogP contribution in [-0.2, 0) is 0 Å². The first-order valence-corrected chi connectivity index (χ1v) is 4.79. The van der Waals surface area contributed by atoms with Crippen LogP contribution in [0.5, 0.6) is 0 Å². The van der Waals surface area contributed by atoms with E-state index in [1.165, 1.54) is 6.20 Å². The van der Waals surface area contributed by atoms with Crippen LogP contribution in [0.25, 0.3) is 11.1 Å². The largest absolute Gasteiger partial charge is 0.476 e. The lowest BCUT2D eigenvalue weighted by Crippen LogP contribution is -2.03. The van der Waals surface area contributed by atoms with Gasteiger partial charge in [-0.3, -0.25) is 4.98 Å². The molecular formula is C12H10N2O2. The fraction of sp³-hybridized carbons (Fsp3) is 0.0833. The minimum absolute atomic E-state index is 0.0665. The topological polar surface area (TPSA) is 63.1 Å². The van der Waals surface area contributed by atoms with Gasteiger partial charge in [-0.05, 0) is 30.2 Å². The van der Waals surface area contributed by atoms with Crippen molar-refractivity contribution >= 4 is 5.97 Å². The Morgan fingerprint density at radius 2 is 2.06 bits per heavy atom. The number of rotatable bonds is 2. The minimum Gasteiger partial charge on any atom is -0.476 e. The molecule has 16 heavy (non-hydrogen) atoms. The van der Waals surface area contributed by atoms with E-state index >= 15 is 0 Å². The molecule has 0 saturated carbocycles. The Labute approximate surface area is 92.6 Å². The zero-order valence-electron chi connectivity index (χ0n) is 8.71. The van der Waals surface area contributed by atoms with Crippen LogP contribution in [0.3, 0.4) is 0 Å². The third-order valence-corrected chi connectivity index (χ3v) is 2.32. The van der Waals surface area contributed by atoms with Crippen LogP contribution in [0, 0.1) is 6.92 Å². The van der Waals surface area contributed by atoms with Gasteiger partial charge >= 0.3 is 5.97 Å². The predicted octanol–water partition coefficient (Wildman–Crippen LogP) is 2.15. The van der Waals surface area contributed by atoms with Gasteiger partial charge in [-0.15, -0.1) is 0 Å². The van der Waals surface area contributed by atoms with Crippen molar-refractivity contribution < 1.29 is 9.90 Å². The molecule has 0 spiro atoms. The van der Waals surface area contributed by atoms with Crippen LogP contribution in [0.1, 0.15) is 16.1 Å². The predicted molar refractivity (Wildman–Crippen MR) is 59.2 cm³/mol. The van der Waals surface area contributed by atoms with Gasteiger partial charge in [0.25, 0.3) is 0 Å². The molecule has 0 saturated heterocycles. The number of carbonyl (C=O) groups is 1. The van der Waals surface area contributed by atoms with Gasteiger partial charge in [0.1, 0.15) is 0 Å². The van der Waals surface area contributed by atoms with Crippen LogP contribution in [0.4, 0.5) is 0 Å². The second-order valence-corrected chi connectivity index (χ2v) is 3.40. The van der Waals surface area contributed by atoms with Gasteiger partial charge in [0.15, 0.2) is 5.69 Å². The van der Waals surface area contributed by atoms with Crippen molar-refractivity contribution in [2.24, 2.45) is 0 Å². The van der Waals surface area contributed by atoms with Gasteiger partial charge in [-0.25, -0.2) is 9.78 Å². The molecule has 0 aliphatic heterocycles. The molecule has 0 aromatic carbocycles. The van der Waals surface area contributed by atoms with E-state index in [2.05, 4.69) is 9.97 Å². The van der Waals surface area contributed by atoms with Crippen LogP contribution in [-0.4, -0.2) is 21.0 Å². The summed E-state index contributed by atoms with van der Waals surface area (Å²) < 4.78 is 0. The maximum absolute atomic E-state index is 11.0. The molecule has 0 bridgehead atoms. The molecule has 0 aliphatic carbocycles. The second kappa shape index (κ2) is 4.10. The quantitative estimate of drug-likeness (QED) is 0.831. The lowest BCUT2D eigenvalue weighted by atomic mass is 10.0. The first-order chi connectivity index (χ1) is 7.70. The Hall–Kier alpha value is -2.23. The molecule has 2 aromatic heterocycles. The minimum atomic E-state index is -1.02. The third kappa shape index (κ3) is 1.77. The summed E-state index contributed by atoms with van der Waals surface area (Å²) in [7, 11) is 0. The molecule has 0 aliphatic rings. The number of pyridine rings is 2. The summed E-state index contributed by atoms with van der Waals surface area (Å²) in [5.41, 5.74) is 2.46. The second-order valence-electron chi connectivity index (χ2n) is 3.40. The van der Waals surface area contributed by atoms with Gasteiger partial charge in [0.05, 0.1) is 0 Å². The van der Waals surface area contributed by atoms with Crippen molar-refractivity contribution in [3.05, 3.63) is 48.0 Å². The Morgan fingerprint density at radius 3 is 2.75 bits per heavy atom. The van der Waals surface area contributed by atoms with Crippen molar-refractivity contribution in [3.63, 3.8) is 0 Å². The van der Waals surface area contributed by atoms with Gasteiger partial charge in [0, 0.05) is 24.2 Å². The number of carboxylic acids is 1. The number of carboxylic acid groups (broad SMARTS) is 1. The van der Waals surface area contributed by atoms with Crippen molar-refractivity contribution in [2.45, 2.75) is 6.92 Å². The highest BCUT2D eigenvalue weighted by Crippen LogP contribution is 2.24. The number of nitrogens with zero attached hydrogens (tertiary/aromatic N) is 2. The normalized spacial score (nSPS) is 10.1. The number of aromatic nitrogens is 2. The molecule has 4 nitrogen and oxygen atoms in total. The highest BCUT2D eigenvalue weighted by atomic mass is 16.4. The Bertz CT molecular complexity index is 538. The number of aryl methyl sites for hydroxylation is 1. The summed E-state index contributed by atoms with van der Waals surface area (Å²) in [6.07, 6.45) is 4.82. The van der Waals surface area contributed by atoms with Crippen molar-refractivity contribution in [1.29, 1.82) is 0 Å². The van der Waals surface area contributed by atoms with E-state index in [9.17, 15) is 4.79 Å². The zero-order chi connectivity index (χ0) is 11.5. The Morgan fingerprint density at radius 1 is 1.25 bits per heavy atom. The molecule has 2 rings (SSSR count). The van der Waals surface area contributed by atoms with Crippen LogP contribution in [0.15, 0.2) is 36.8 Å². The van der Waals surface area contributed by atoms with E-state index in [-0.39, 0.29) is 5.69 Å². The van der Waals surface area contributed by atoms with Crippen LogP contribution < -0.4 is 0 Å². The van der Waals surface area contributed by atoms with E-state index in [0.29, 0.717) is 5.56 Å². The van der Waals surface area contributed by atoms with Crippen molar-refractivity contribution in [2.75, 3.05) is 0 Å². The lowest BCUT2D eigenvalue weighted by Gasteiger charge is -2.07. The molecule has 0 amide bonds. The zero-order valence-corrected chi connectivity index (χ0v) is 8.71.